The predicted octanol–water partition coefficient (Wildman–Crippen LogP) is 1.94. The summed E-state index contributed by atoms with van der Waals surface area (Å²) in [7, 11) is 0. The molecule has 0 bridgehead atoms. The molecule has 5 nitrogen and oxygen atoms in total. The molecule has 2 aliphatic heterocycles. The molecule has 2 atom stereocenters. The standard InChI is InChI=1S/C20H27N3O2/c24-19-17-8-4-5-9-18(17)20(25)23(19)15-22-12-10-21(11-13-22)14-16-6-2-1-3-7-16/h1-3,6-7,17-18H,4-5,8-15H2/t17-,18-/m1/s1. The summed E-state index contributed by atoms with van der Waals surface area (Å²) < 4.78 is 0. The molecule has 25 heavy (non-hydrogen) atoms. The number of likely N-dealkylation sites (tertiary alicyclic amines) is 1. The number of fused-ring (bicyclic) bond motifs is 1. The van der Waals surface area contributed by atoms with E-state index in [0.717, 1.165) is 58.4 Å². The summed E-state index contributed by atoms with van der Waals surface area (Å²) in [5.74, 6) is 0.115. The maximum Gasteiger partial charge on any atom is 0.234 e. The molecule has 3 fully saturated rings. The molecular formula is C20H27N3O2. The fourth-order valence-electron chi connectivity index (χ4n) is 4.50. The summed E-state index contributed by atoms with van der Waals surface area (Å²) in [5.41, 5.74) is 1.34. The average molecular weight is 341 g/mol. The van der Waals surface area contributed by atoms with Gasteiger partial charge in [-0.15, -0.1) is 0 Å². The molecule has 134 valence electrons. The molecule has 2 heterocycles. The number of carbonyl (C=O) groups excluding carboxylic acids is 2. The Balaban J connectivity index is 1.30. The van der Waals surface area contributed by atoms with Crippen LogP contribution in [0.4, 0.5) is 0 Å². The Morgan fingerprint density at radius 2 is 1.36 bits per heavy atom. The van der Waals surface area contributed by atoms with Gasteiger partial charge in [0, 0.05) is 32.7 Å². The molecule has 0 unspecified atom stereocenters. The van der Waals surface area contributed by atoms with Gasteiger partial charge in [-0.2, -0.15) is 0 Å². The molecule has 0 radical (unpaired) electrons. The first kappa shape index (κ1) is 16.7. The Morgan fingerprint density at radius 1 is 0.800 bits per heavy atom. The number of rotatable bonds is 4. The minimum atomic E-state index is -0.0272. The largest absolute Gasteiger partial charge is 0.297 e. The van der Waals surface area contributed by atoms with Crippen molar-refractivity contribution in [2.75, 3.05) is 32.8 Å². The monoisotopic (exact) mass is 341 g/mol. The van der Waals surface area contributed by atoms with Gasteiger partial charge in [-0.3, -0.25) is 24.3 Å². The fraction of sp³-hybridized carbons (Fsp3) is 0.600. The third kappa shape index (κ3) is 3.48. The molecule has 0 spiro atoms. The molecule has 3 aliphatic rings. The number of hydrogen-bond donors (Lipinski definition) is 0. The van der Waals surface area contributed by atoms with Crippen molar-refractivity contribution in [1.82, 2.24) is 14.7 Å². The van der Waals surface area contributed by atoms with Gasteiger partial charge in [0.15, 0.2) is 0 Å². The van der Waals surface area contributed by atoms with Crippen LogP contribution in [0.25, 0.3) is 0 Å². The van der Waals surface area contributed by atoms with Crippen molar-refractivity contribution in [1.29, 1.82) is 0 Å². The van der Waals surface area contributed by atoms with Crippen LogP contribution in [0.15, 0.2) is 30.3 Å². The van der Waals surface area contributed by atoms with Gasteiger partial charge in [0.2, 0.25) is 11.8 Å². The molecule has 0 aromatic heterocycles. The highest BCUT2D eigenvalue weighted by Crippen LogP contribution is 2.38. The van der Waals surface area contributed by atoms with E-state index in [0.29, 0.717) is 6.67 Å². The van der Waals surface area contributed by atoms with E-state index in [1.54, 1.807) is 4.90 Å². The van der Waals surface area contributed by atoms with Crippen LogP contribution in [0.3, 0.4) is 0 Å². The number of nitrogens with zero attached hydrogens (tertiary/aromatic N) is 3. The van der Waals surface area contributed by atoms with Crippen molar-refractivity contribution in [2.45, 2.75) is 32.2 Å². The lowest BCUT2D eigenvalue weighted by Crippen LogP contribution is -2.51. The first-order valence-electron chi connectivity index (χ1n) is 9.56. The zero-order valence-corrected chi connectivity index (χ0v) is 14.8. The quantitative estimate of drug-likeness (QED) is 0.785. The molecule has 1 aromatic carbocycles. The predicted molar refractivity (Wildman–Crippen MR) is 95.5 cm³/mol. The van der Waals surface area contributed by atoms with Crippen molar-refractivity contribution in [2.24, 2.45) is 11.8 Å². The van der Waals surface area contributed by atoms with E-state index in [9.17, 15) is 9.59 Å². The van der Waals surface area contributed by atoms with Crippen LogP contribution in [0.1, 0.15) is 31.2 Å². The fourth-order valence-corrected chi connectivity index (χ4v) is 4.50. The van der Waals surface area contributed by atoms with Crippen molar-refractivity contribution in [3.8, 4) is 0 Å². The van der Waals surface area contributed by atoms with E-state index < -0.39 is 0 Å². The summed E-state index contributed by atoms with van der Waals surface area (Å²) in [6, 6.07) is 10.5. The minimum Gasteiger partial charge on any atom is -0.297 e. The van der Waals surface area contributed by atoms with E-state index in [-0.39, 0.29) is 23.7 Å². The van der Waals surface area contributed by atoms with Gasteiger partial charge in [-0.05, 0) is 18.4 Å². The summed E-state index contributed by atoms with van der Waals surface area (Å²) >= 11 is 0. The molecule has 2 saturated heterocycles. The van der Waals surface area contributed by atoms with Gasteiger partial charge in [-0.1, -0.05) is 43.2 Å². The number of amides is 2. The Kier molecular flexibility index (Phi) is 4.86. The molecule has 1 aliphatic carbocycles. The Morgan fingerprint density at radius 3 is 1.96 bits per heavy atom. The third-order valence-electron chi connectivity index (χ3n) is 5.99. The molecule has 0 N–H and O–H groups in total. The van der Waals surface area contributed by atoms with Crippen molar-refractivity contribution < 1.29 is 9.59 Å². The van der Waals surface area contributed by atoms with Crippen LogP contribution in [0, 0.1) is 11.8 Å². The maximum atomic E-state index is 12.6. The van der Waals surface area contributed by atoms with Crippen LogP contribution >= 0.6 is 0 Å². The van der Waals surface area contributed by atoms with Gasteiger partial charge in [0.05, 0.1) is 18.5 Å². The number of carbonyl (C=O) groups is 2. The van der Waals surface area contributed by atoms with Crippen LogP contribution in [-0.2, 0) is 16.1 Å². The Hall–Kier alpha value is -1.72. The topological polar surface area (TPSA) is 43.9 Å². The molecule has 4 rings (SSSR count). The summed E-state index contributed by atoms with van der Waals surface area (Å²) in [4.78, 5) is 31.4. The molecule has 2 amide bonds. The lowest BCUT2D eigenvalue weighted by molar-refractivity contribution is -0.142. The second-order valence-electron chi connectivity index (χ2n) is 7.62. The summed E-state index contributed by atoms with van der Waals surface area (Å²) in [6.45, 7) is 5.26. The normalized spacial score (nSPS) is 28.4. The first-order chi connectivity index (χ1) is 12.2. The Bertz CT molecular complexity index is 601. The smallest absolute Gasteiger partial charge is 0.234 e. The highest BCUT2D eigenvalue weighted by Gasteiger charge is 2.48. The average Bonchev–Trinajstić information content (AvgIpc) is 2.89. The van der Waals surface area contributed by atoms with E-state index >= 15 is 0 Å². The van der Waals surface area contributed by atoms with Crippen molar-refractivity contribution in [3.63, 3.8) is 0 Å². The zero-order chi connectivity index (χ0) is 17.2. The highest BCUT2D eigenvalue weighted by molar-refractivity contribution is 6.05. The van der Waals surface area contributed by atoms with Crippen molar-refractivity contribution in [3.05, 3.63) is 35.9 Å². The van der Waals surface area contributed by atoms with Gasteiger partial charge in [0.25, 0.3) is 0 Å². The van der Waals surface area contributed by atoms with Crippen LogP contribution in [-0.4, -0.2) is 59.4 Å². The van der Waals surface area contributed by atoms with Crippen LogP contribution in [0.5, 0.6) is 0 Å². The lowest BCUT2D eigenvalue weighted by Gasteiger charge is -2.36. The van der Waals surface area contributed by atoms with Crippen LogP contribution in [0.2, 0.25) is 0 Å². The molecule has 1 saturated carbocycles. The number of benzene rings is 1. The van der Waals surface area contributed by atoms with Gasteiger partial charge < -0.3 is 0 Å². The second kappa shape index (κ2) is 7.26. The highest BCUT2D eigenvalue weighted by atomic mass is 16.2. The first-order valence-corrected chi connectivity index (χ1v) is 9.56. The van der Waals surface area contributed by atoms with E-state index in [2.05, 4.69) is 34.1 Å². The second-order valence-corrected chi connectivity index (χ2v) is 7.62. The van der Waals surface area contributed by atoms with Gasteiger partial charge in [-0.25, -0.2) is 0 Å². The summed E-state index contributed by atoms with van der Waals surface area (Å²) in [6.07, 6.45) is 3.98. The maximum absolute atomic E-state index is 12.6. The SMILES string of the molecule is O=C1[C@@H]2CCCC[C@H]2C(=O)N1CN1CCN(Cc2ccccc2)CC1. The number of piperazine rings is 1. The molecular weight excluding hydrogens is 314 g/mol. The molecule has 1 aromatic rings. The van der Waals surface area contributed by atoms with E-state index in [1.807, 2.05) is 6.07 Å². The van der Waals surface area contributed by atoms with E-state index in [4.69, 9.17) is 0 Å². The zero-order valence-electron chi connectivity index (χ0n) is 14.8. The number of imide groups is 1. The molecule has 5 heteroatoms. The minimum absolute atomic E-state index is 0.0272. The van der Waals surface area contributed by atoms with Gasteiger partial charge >= 0.3 is 0 Å². The number of hydrogen-bond acceptors (Lipinski definition) is 4. The van der Waals surface area contributed by atoms with Crippen LogP contribution < -0.4 is 0 Å². The Labute approximate surface area is 149 Å². The van der Waals surface area contributed by atoms with Gasteiger partial charge in [0.1, 0.15) is 0 Å². The van der Waals surface area contributed by atoms with Crippen molar-refractivity contribution >= 4 is 11.8 Å². The third-order valence-corrected chi connectivity index (χ3v) is 5.99. The lowest BCUT2D eigenvalue weighted by atomic mass is 9.81. The van der Waals surface area contributed by atoms with E-state index in [1.165, 1.54) is 5.56 Å². The summed E-state index contributed by atoms with van der Waals surface area (Å²) in [5, 5.41) is 0.